The summed E-state index contributed by atoms with van der Waals surface area (Å²) in [5.74, 6) is 0. The van der Waals surface area contributed by atoms with Crippen molar-refractivity contribution in [3.8, 4) is 0 Å². The second-order valence-corrected chi connectivity index (χ2v) is 5.37. The Labute approximate surface area is 96.1 Å². The molecule has 0 bridgehead atoms. The molecule has 0 amide bonds. The average molecular weight is 236 g/mol. The zero-order valence-electron chi connectivity index (χ0n) is 9.01. The van der Waals surface area contributed by atoms with E-state index in [9.17, 15) is 4.79 Å². The van der Waals surface area contributed by atoms with Crippen LogP contribution in [0.25, 0.3) is 4.96 Å². The van der Waals surface area contributed by atoms with Crippen LogP contribution in [0.4, 0.5) is 0 Å². The van der Waals surface area contributed by atoms with E-state index in [0.29, 0.717) is 10.7 Å². The normalized spacial score (nSPS) is 19.3. The first-order valence-corrected chi connectivity index (χ1v) is 6.28. The number of hydrogen-bond donors (Lipinski definition) is 0. The van der Waals surface area contributed by atoms with Crippen molar-refractivity contribution < 1.29 is 0 Å². The van der Waals surface area contributed by atoms with E-state index in [2.05, 4.69) is 22.2 Å². The Bertz CT molecular complexity index is 582. The fourth-order valence-electron chi connectivity index (χ4n) is 2.43. The number of fused-ring (bicyclic) bond motifs is 1. The van der Waals surface area contributed by atoms with Gasteiger partial charge in [0.1, 0.15) is 11.2 Å². The van der Waals surface area contributed by atoms with Crippen molar-refractivity contribution in [2.24, 2.45) is 0 Å². The zero-order chi connectivity index (χ0) is 11.2. The lowest BCUT2D eigenvalue weighted by Crippen LogP contribution is -2.32. The van der Waals surface area contributed by atoms with Crippen molar-refractivity contribution in [1.29, 1.82) is 0 Å². The summed E-state index contributed by atoms with van der Waals surface area (Å²) >= 11 is 1.33. The lowest BCUT2D eigenvalue weighted by atomic mass is 9.85. The van der Waals surface area contributed by atoms with Crippen LogP contribution in [0.15, 0.2) is 10.3 Å². The number of rotatable bonds is 1. The van der Waals surface area contributed by atoms with Gasteiger partial charge >= 0.3 is 0 Å². The highest BCUT2D eigenvalue weighted by Gasteiger charge is 2.35. The molecule has 2 aromatic heterocycles. The quantitative estimate of drug-likeness (QED) is 0.750. The van der Waals surface area contributed by atoms with Crippen LogP contribution in [0.3, 0.4) is 0 Å². The van der Waals surface area contributed by atoms with Crippen LogP contribution < -0.4 is 5.56 Å². The molecule has 1 aliphatic rings. The summed E-state index contributed by atoms with van der Waals surface area (Å²) < 4.78 is 1.36. The Balaban J connectivity index is 2.24. The molecule has 1 fully saturated rings. The summed E-state index contributed by atoms with van der Waals surface area (Å²) in [5.41, 5.74) is 1.99. The smallest absolute Gasteiger partial charge is 0.265 e. The second-order valence-electron chi connectivity index (χ2n) is 4.55. The maximum atomic E-state index is 12.2. The average Bonchev–Trinajstić information content (AvgIpc) is 2.87. The standard InChI is InChI=1S/C10H12N4OS/c1-10(4-2-3-5-10)7-8(15)14-9(13-12-7)16-6-11-14/h6H,2-5H2,1H3. The second kappa shape index (κ2) is 3.35. The minimum atomic E-state index is -0.102. The number of aromatic nitrogens is 4. The predicted octanol–water partition coefficient (Wildman–Crippen LogP) is 1.38. The van der Waals surface area contributed by atoms with Crippen molar-refractivity contribution in [3.05, 3.63) is 21.6 Å². The molecule has 6 heteroatoms. The number of nitrogens with zero attached hydrogens (tertiary/aromatic N) is 4. The molecule has 0 saturated heterocycles. The van der Waals surface area contributed by atoms with Gasteiger partial charge in [0.05, 0.1) is 0 Å². The summed E-state index contributed by atoms with van der Waals surface area (Å²) in [6, 6.07) is 0. The Morgan fingerprint density at radius 3 is 2.88 bits per heavy atom. The molecular weight excluding hydrogens is 224 g/mol. The van der Waals surface area contributed by atoms with Crippen LogP contribution in [0, 0.1) is 0 Å². The highest BCUT2D eigenvalue weighted by molar-refractivity contribution is 7.14. The minimum Gasteiger partial charge on any atom is -0.265 e. The van der Waals surface area contributed by atoms with Crippen molar-refractivity contribution >= 4 is 16.3 Å². The third-order valence-electron chi connectivity index (χ3n) is 3.41. The molecule has 0 N–H and O–H groups in total. The van der Waals surface area contributed by atoms with Gasteiger partial charge in [-0.2, -0.15) is 9.61 Å². The molecule has 0 aliphatic heterocycles. The molecule has 0 spiro atoms. The van der Waals surface area contributed by atoms with Crippen molar-refractivity contribution in [2.75, 3.05) is 0 Å². The van der Waals surface area contributed by atoms with Crippen LogP contribution in [-0.4, -0.2) is 19.8 Å². The lowest BCUT2D eigenvalue weighted by molar-refractivity contribution is 0.459. The minimum absolute atomic E-state index is 0.101. The maximum absolute atomic E-state index is 12.2. The number of hydrogen-bond acceptors (Lipinski definition) is 5. The Morgan fingerprint density at radius 1 is 1.38 bits per heavy atom. The molecule has 3 rings (SSSR count). The molecule has 0 unspecified atom stereocenters. The lowest BCUT2D eigenvalue weighted by Gasteiger charge is -2.20. The van der Waals surface area contributed by atoms with E-state index in [0.717, 1.165) is 25.7 Å². The molecule has 1 aliphatic carbocycles. The molecule has 16 heavy (non-hydrogen) atoms. The highest BCUT2D eigenvalue weighted by Crippen LogP contribution is 2.37. The molecule has 1 saturated carbocycles. The monoisotopic (exact) mass is 236 g/mol. The summed E-state index contributed by atoms with van der Waals surface area (Å²) in [5, 5.41) is 12.2. The molecule has 84 valence electrons. The largest absolute Gasteiger partial charge is 0.297 e. The predicted molar refractivity (Wildman–Crippen MR) is 60.7 cm³/mol. The van der Waals surface area contributed by atoms with Crippen molar-refractivity contribution in [1.82, 2.24) is 19.8 Å². The first kappa shape index (κ1) is 9.89. The van der Waals surface area contributed by atoms with Crippen LogP contribution in [0.5, 0.6) is 0 Å². The van der Waals surface area contributed by atoms with E-state index in [1.54, 1.807) is 5.51 Å². The summed E-state index contributed by atoms with van der Waals surface area (Å²) in [6.07, 6.45) is 4.37. The van der Waals surface area contributed by atoms with Gasteiger partial charge < -0.3 is 0 Å². The van der Waals surface area contributed by atoms with E-state index in [-0.39, 0.29) is 11.0 Å². The van der Waals surface area contributed by atoms with Gasteiger partial charge in [0, 0.05) is 5.41 Å². The Morgan fingerprint density at radius 2 is 2.12 bits per heavy atom. The molecule has 0 radical (unpaired) electrons. The third-order valence-corrected chi connectivity index (χ3v) is 4.08. The van der Waals surface area contributed by atoms with Crippen molar-refractivity contribution in [2.45, 2.75) is 38.0 Å². The van der Waals surface area contributed by atoms with Gasteiger partial charge in [-0.25, -0.2) is 0 Å². The van der Waals surface area contributed by atoms with E-state index in [4.69, 9.17) is 0 Å². The van der Waals surface area contributed by atoms with Gasteiger partial charge in [0.2, 0.25) is 4.96 Å². The molecular formula is C10H12N4OS. The van der Waals surface area contributed by atoms with Crippen LogP contribution in [0.2, 0.25) is 0 Å². The molecule has 2 aromatic rings. The van der Waals surface area contributed by atoms with Gasteiger partial charge in [-0.15, -0.1) is 10.2 Å². The first-order valence-electron chi connectivity index (χ1n) is 5.40. The topological polar surface area (TPSA) is 60.1 Å². The van der Waals surface area contributed by atoms with E-state index in [1.807, 2.05) is 0 Å². The van der Waals surface area contributed by atoms with Crippen LogP contribution in [0.1, 0.15) is 38.3 Å². The summed E-state index contributed by atoms with van der Waals surface area (Å²) in [6.45, 7) is 2.10. The Kier molecular flexibility index (Phi) is 2.07. The molecule has 2 heterocycles. The fraction of sp³-hybridized carbons (Fsp3) is 0.600. The van der Waals surface area contributed by atoms with Crippen LogP contribution >= 0.6 is 11.3 Å². The first-order chi connectivity index (χ1) is 7.71. The van der Waals surface area contributed by atoms with Gasteiger partial charge in [0.25, 0.3) is 5.56 Å². The molecule has 0 atom stereocenters. The fourth-order valence-corrected chi connectivity index (χ4v) is 2.98. The molecule has 5 nitrogen and oxygen atoms in total. The van der Waals surface area contributed by atoms with Gasteiger partial charge in [-0.1, -0.05) is 31.1 Å². The Hall–Kier alpha value is -1.30. The SMILES string of the molecule is CC1(c2nnc3scnn3c2=O)CCCC1. The summed E-state index contributed by atoms with van der Waals surface area (Å²) in [7, 11) is 0. The highest BCUT2D eigenvalue weighted by atomic mass is 32.1. The molecule has 0 aromatic carbocycles. The van der Waals surface area contributed by atoms with Crippen molar-refractivity contribution in [3.63, 3.8) is 0 Å². The van der Waals surface area contributed by atoms with Gasteiger partial charge in [-0.3, -0.25) is 4.79 Å². The van der Waals surface area contributed by atoms with Gasteiger partial charge in [0.15, 0.2) is 0 Å². The van der Waals surface area contributed by atoms with E-state index in [1.165, 1.54) is 15.9 Å². The zero-order valence-corrected chi connectivity index (χ0v) is 9.83. The summed E-state index contributed by atoms with van der Waals surface area (Å²) in [4.78, 5) is 12.8. The van der Waals surface area contributed by atoms with E-state index < -0.39 is 0 Å². The van der Waals surface area contributed by atoms with Crippen LogP contribution in [-0.2, 0) is 5.41 Å². The van der Waals surface area contributed by atoms with Gasteiger partial charge in [-0.05, 0) is 12.8 Å². The maximum Gasteiger partial charge on any atom is 0.297 e. The van der Waals surface area contributed by atoms with E-state index >= 15 is 0 Å². The third kappa shape index (κ3) is 1.29.